The highest BCUT2D eigenvalue weighted by Crippen LogP contribution is -0.113. The molecule has 282 N–H and O–H groups in total. The Kier molecular flexibility index (Phi) is 28400000. The van der Waals surface area contributed by atoms with Crippen LogP contribution in [0.15, 0.2) is 0 Å². The molecule has 0 spiro atoms. The van der Waals surface area contributed by atoms with Crippen LogP contribution in [0.2, 0.25) is 0 Å². The average Bonchev–Trinajstić information content (AvgIpc) is 0. The predicted octanol–water partition coefficient (Wildman–Crippen LogP) is 14.2. The molecule has 13 radical (unpaired) electrons. The van der Waals surface area contributed by atoms with Crippen LogP contribution in [0.5, 0.6) is 0 Å². The van der Waals surface area contributed by atoms with Crippen molar-refractivity contribution in [3.05, 3.63) is 0 Å². The van der Waals surface area contributed by atoms with E-state index in [4.69, 9.17) is 0 Å². The van der Waals surface area contributed by atoms with Crippen LogP contribution in [0.3, 0.4) is 0 Å². The molecule has 0 aromatic heterocycles. The second kappa shape index (κ2) is 52500. The van der Waals surface area contributed by atoms with Gasteiger partial charge in [0.15, 0.2) is 0 Å². The van der Waals surface area contributed by atoms with E-state index in [-0.39, 0.29) is 612 Å². The zero-order valence-corrected chi connectivity index (χ0v) is 69.0. The molecule has 100 heteroatoms. The van der Waals surface area contributed by atoms with Crippen molar-refractivity contribution in [3.63, 3.8) is 0 Å². The van der Waals surface area contributed by atoms with E-state index >= 15 is 0 Å². The van der Waals surface area contributed by atoms with Gasteiger partial charge in [0, 0.05) is 33.5 Å². The monoisotopic (exact) mass is 1690 g/mol. The van der Waals surface area contributed by atoms with Crippen molar-refractivity contribution in [2.75, 3.05) is 0 Å². The Morgan fingerprint density at radius 3 is 0.0300 bits per heavy atom. The second-order valence-corrected chi connectivity index (χ2v) is 0. The Hall–Kier alpha value is -4.00. The molecule has 0 unspecified atom stereocenters. The van der Waals surface area contributed by atoms with E-state index in [2.05, 4.69) is 0 Å². The normalized spacial score (nSPS) is 0. The summed E-state index contributed by atoms with van der Waals surface area (Å²) in [6, 6.07) is 0. The maximum absolute atomic E-state index is 0. The molecule has 0 aliphatic carbocycles. The Morgan fingerprint density at radius 1 is 0.0300 bits per heavy atom. The first-order chi connectivity index (χ1) is 0. The zero-order chi connectivity index (χ0) is 0. The minimum absolute atomic E-state index is 0. The lowest BCUT2D eigenvalue weighted by Gasteiger charge is -0.345. The maximum Gasteiger partial charge on any atom is 0 e. The first-order valence-electron chi connectivity index (χ1n) is 0. The highest BCUT2D eigenvalue weighted by atomic mass is 16.0. The van der Waals surface area contributed by atoms with Crippen molar-refractivity contribution in [3.8, 4) is 0 Å². The van der Waals surface area contributed by atoms with Crippen molar-refractivity contribution in [1.82, 2.24) is 584 Å². The molecule has 0 rings (SSSR count). The molecule has 0 atom stereocenters. The van der Waals surface area contributed by atoms with Crippen LogP contribution in [0.25, 0.3) is 0 Å². The fourth-order valence-electron chi connectivity index (χ4n) is 0. The minimum atomic E-state index is 0. The molecule has 0 aliphatic rings. The molecule has 100 nitrogen and oxygen atoms in total. The Labute approximate surface area is 612 Å². The van der Waals surface area contributed by atoms with Gasteiger partial charge in [-0.2, -0.15) is 0 Å². The molecule has 100 heavy (non-hydrogen) atoms. The fourth-order valence-corrected chi connectivity index (χ4v) is 0. The third-order valence-electron chi connectivity index (χ3n) is 0. The van der Waals surface area contributed by atoms with E-state index in [1.54, 1.807) is 0 Å². The highest BCUT2D eigenvalue weighted by Gasteiger charge is 0.00719. The molecule has 0 saturated carbocycles. The lowest BCUT2D eigenvalue weighted by Crippen LogP contribution is -0.482. The van der Waals surface area contributed by atoms with E-state index in [9.17, 15) is 0 Å². The molecule has 0 amide bonds. The Balaban J connectivity index is 0. The van der Waals surface area contributed by atoms with Gasteiger partial charge in [-0.1, -0.05) is 0 Å². The van der Waals surface area contributed by atoms with Crippen LogP contribution >= 0.6 is 0 Å². The van der Waals surface area contributed by atoms with E-state index in [1.165, 1.54) is 0 Å². The Bertz CT molecular complexity index is 28.6. The lowest BCUT2D eigenvalue weighted by molar-refractivity contribution is 0.685. The van der Waals surface area contributed by atoms with Gasteiger partial charge < -0.3 is 578 Å². The molecular weight excluding hydrogens is 1410 g/mol. The summed E-state index contributed by atoms with van der Waals surface area (Å²) in [6.07, 6.45) is 0. The van der Waals surface area contributed by atoms with Crippen molar-refractivity contribution >= 4 is 0 Å². The summed E-state index contributed by atoms with van der Waals surface area (Å²) >= 11 is 0. The number of rotatable bonds is 0. The van der Waals surface area contributed by atoms with Gasteiger partial charge in [0.05, 0.1) is 0 Å². The molecule has 0 aromatic carbocycles. The summed E-state index contributed by atoms with van der Waals surface area (Å²) < 4.78 is 0. The van der Waals surface area contributed by atoms with Gasteiger partial charge in [-0.15, -0.1) is 0 Å². The third kappa shape index (κ3) is 50800. The van der Waals surface area contributed by atoms with E-state index < -0.39 is 0 Å². The zero-order valence-electron chi connectivity index (χ0n) is 69.0. The summed E-state index contributed by atoms with van der Waals surface area (Å²) in [5.41, 5.74) is 0. The van der Waals surface area contributed by atoms with Crippen LogP contribution in [-0.4, -0.2) is 0 Å². The van der Waals surface area contributed by atoms with Gasteiger partial charge in [0.25, 0.3) is 0 Å². The van der Waals surface area contributed by atoms with E-state index in [1.807, 2.05) is 0 Å². The van der Waals surface area contributed by atoms with Crippen LogP contribution in [0, 0.1) is 0 Å². The van der Waals surface area contributed by atoms with Gasteiger partial charge in [0.1, 0.15) is 0 Å². The average molecular weight is 1690 g/mol. The summed E-state index contributed by atoms with van der Waals surface area (Å²) in [5, 5.41) is 0. The van der Waals surface area contributed by atoms with Crippen molar-refractivity contribution in [2.45, 2.75) is 0 Å². The SMILES string of the molecule is N.N.N.N.N.N.N.N.N.N.N.N.N.N.N.N.N.N.N.N.N.N.N.N.N.N.N.N.N.N.N.N.N.N.N.N.N.N.N.N.N.N.N.N.N.N.N.N.N.N.N.N.N.N.N.N.N.N.N.N.N.N.N.N.N.N.N.N.N.N.N.N.N.N.N.N.N.N.N.N.N.N.N.N.N.N.N.N.N.N.N.N.N.N.[N].[O].[O].[O].[O].[O]. The molecule has 0 aliphatic heterocycles. The van der Waals surface area contributed by atoms with Crippen LogP contribution < -0.4 is 584 Å². The van der Waals surface area contributed by atoms with Gasteiger partial charge in [0.2, 0.25) is 0 Å². The van der Waals surface area contributed by atoms with E-state index in [0.29, 0.717) is 0 Å². The van der Waals surface area contributed by atoms with Gasteiger partial charge in [-0.05, 0) is 0 Å². The first-order valence-corrected chi connectivity index (χ1v) is 0. The Morgan fingerprint density at radius 2 is 0.0300 bits per heavy atom. The molecule has 0 fully saturated rings. The topological polar surface area (TPSA) is 3460 Å². The molecule has 0 saturated heterocycles. The first kappa shape index (κ1) is 54100. The molecule has 0 heterocycles. The van der Waals surface area contributed by atoms with Gasteiger partial charge >= 0.3 is 0 Å². The molecule has 787 valence electrons. The maximum atomic E-state index is 0. The number of nitrogens with zero attached hydrogens (tertiary/aromatic N) is 1. The standard InChI is InChI=1S/94H3N.N.5O/h94*1H3;;;;;;. The quantitative estimate of drug-likeness (QED) is 0.107. The summed E-state index contributed by atoms with van der Waals surface area (Å²) in [5.74, 6) is 0. The second-order valence-electron chi connectivity index (χ2n) is 0. The minimum Gasteiger partial charge on any atom is -0.344 e. The summed E-state index contributed by atoms with van der Waals surface area (Å²) in [7, 11) is 0. The van der Waals surface area contributed by atoms with Gasteiger partial charge in [-0.3, -0.25) is 0 Å². The molecular formula is H282N95O5. The van der Waals surface area contributed by atoms with Crippen molar-refractivity contribution < 1.29 is 27.4 Å². The van der Waals surface area contributed by atoms with Gasteiger partial charge in [-0.25, -0.2) is 0 Å². The fraction of sp³-hybridized carbons (Fsp3) is 0. The number of hydrogen-bond acceptors (Lipinski definition) is 94. The lowest BCUT2D eigenvalue weighted by atomic mass is 14.0. The van der Waals surface area contributed by atoms with Crippen molar-refractivity contribution in [2.24, 2.45) is 0 Å². The molecule has 0 bridgehead atoms. The van der Waals surface area contributed by atoms with Crippen molar-refractivity contribution in [1.29, 1.82) is 0 Å². The summed E-state index contributed by atoms with van der Waals surface area (Å²) in [6.45, 7) is 0. The summed E-state index contributed by atoms with van der Waals surface area (Å²) in [4.78, 5) is 0. The van der Waals surface area contributed by atoms with Crippen LogP contribution in [0.4, 0.5) is 0 Å². The third-order valence-corrected chi connectivity index (χ3v) is 0. The highest BCUT2D eigenvalue weighted by molar-refractivity contribution is 2.23. The predicted molar refractivity (Wildman–Crippen MR) is 478 cm³/mol. The van der Waals surface area contributed by atoms with Crippen LogP contribution in [-0.2, 0) is 27.4 Å². The van der Waals surface area contributed by atoms with Crippen LogP contribution in [0.1, 0.15) is 0 Å². The van der Waals surface area contributed by atoms with E-state index in [0.717, 1.165) is 0 Å². The number of hydrogen-bond donors (Lipinski definition) is 94. The molecule has 0 aromatic rings. The largest absolute Gasteiger partial charge is 0.344 e. The smallest absolute Gasteiger partial charge is 0 e.